The van der Waals surface area contributed by atoms with E-state index in [4.69, 9.17) is 0 Å². The van der Waals surface area contributed by atoms with Gasteiger partial charge in [0.15, 0.2) is 0 Å². The highest BCUT2D eigenvalue weighted by Gasteiger charge is 2.08. The highest BCUT2D eigenvalue weighted by atomic mass is 16.2. The van der Waals surface area contributed by atoms with Crippen LogP contribution >= 0.6 is 0 Å². The molecule has 3 N–H and O–H groups in total. The summed E-state index contributed by atoms with van der Waals surface area (Å²) in [5, 5.41) is 9.31. The normalized spacial score (nSPS) is 11.5. The van der Waals surface area contributed by atoms with Crippen molar-refractivity contribution in [3.63, 3.8) is 0 Å². The molecule has 0 aliphatic rings. The Morgan fingerprint density at radius 1 is 0.221 bits per heavy atom. The molecule has 0 fully saturated rings. The van der Waals surface area contributed by atoms with Crippen molar-refractivity contribution >= 4 is 17.7 Å². The van der Waals surface area contributed by atoms with Gasteiger partial charge in [-0.05, 0) is 72.9 Å². The van der Waals surface area contributed by atoms with Gasteiger partial charge in [0.1, 0.15) is 0 Å². The summed E-state index contributed by atoms with van der Waals surface area (Å²) in [4.78, 5) is 43.2. The molecule has 0 saturated carbocycles. The van der Waals surface area contributed by atoms with Crippen LogP contribution in [0, 0.1) is 0 Å². The van der Waals surface area contributed by atoms with Gasteiger partial charge < -0.3 is 30.7 Å². The number of unbranched alkanes of at least 4 members (excludes halogenated alkanes) is 41. The van der Waals surface area contributed by atoms with Crippen LogP contribution in [0.1, 0.15) is 342 Å². The van der Waals surface area contributed by atoms with E-state index in [1.165, 1.54) is 270 Å². The summed E-state index contributed by atoms with van der Waals surface area (Å²) in [7, 11) is 6.33. The Hall–Kier alpha value is -1.71. The number of carbonyl (C=O) groups excluding carboxylic acids is 3. The topological polar surface area (TPSA) is 97.0 Å². The Balaban J connectivity index is 0. The first kappa shape index (κ1) is 77.4. The van der Waals surface area contributed by atoms with E-state index in [2.05, 4.69) is 79.5 Å². The summed E-state index contributed by atoms with van der Waals surface area (Å²) in [5.74, 6) is 0.578. The van der Waals surface area contributed by atoms with Gasteiger partial charge in [-0.2, -0.15) is 0 Å². The predicted octanol–water partition coefficient (Wildman–Crippen LogP) is 18.3. The van der Waals surface area contributed by atoms with Gasteiger partial charge in [-0.25, -0.2) is 0 Å². The molecular formula is C68H140N6O3. The molecule has 0 aliphatic carbocycles. The molecule has 0 aromatic carbocycles. The summed E-state index contributed by atoms with van der Waals surface area (Å²) in [5.41, 5.74) is 0. The van der Waals surface area contributed by atoms with Crippen LogP contribution in [0.15, 0.2) is 0 Å². The Labute approximate surface area is 483 Å². The van der Waals surface area contributed by atoms with Crippen LogP contribution in [-0.2, 0) is 14.4 Å². The minimum Gasteiger partial charge on any atom is -0.356 e. The van der Waals surface area contributed by atoms with Crippen LogP contribution in [0.3, 0.4) is 0 Å². The SMILES string of the molecule is CCCCCCCCCCCCCCCCNC(=O)CCN(C)CCCCC.CCCCCCCCCCCCCCCCNC(=O)CCN(C)CCCN(C)CCC(=O)NCCCCCCCCCCCCCCCC. The highest BCUT2D eigenvalue weighted by Crippen LogP contribution is 2.16. The first-order valence-electron chi connectivity index (χ1n) is 34.6. The van der Waals surface area contributed by atoms with E-state index in [1.54, 1.807) is 0 Å². The van der Waals surface area contributed by atoms with Gasteiger partial charge in [0, 0.05) is 58.5 Å². The number of rotatable bonds is 62. The molecule has 0 radical (unpaired) electrons. The van der Waals surface area contributed by atoms with Crippen molar-refractivity contribution in [3.8, 4) is 0 Å². The average Bonchev–Trinajstić information content (AvgIpc) is 3.42. The third-order valence-electron chi connectivity index (χ3n) is 15.9. The molecule has 77 heavy (non-hydrogen) atoms. The molecule has 0 saturated heterocycles. The first-order chi connectivity index (χ1) is 37.7. The lowest BCUT2D eigenvalue weighted by Crippen LogP contribution is -2.32. The van der Waals surface area contributed by atoms with Crippen LogP contribution in [0.25, 0.3) is 0 Å². The lowest BCUT2D eigenvalue weighted by atomic mass is 10.0. The van der Waals surface area contributed by atoms with Crippen molar-refractivity contribution < 1.29 is 14.4 Å². The first-order valence-corrected chi connectivity index (χ1v) is 34.6. The number of nitrogens with one attached hydrogen (secondary N) is 3. The van der Waals surface area contributed by atoms with E-state index in [0.29, 0.717) is 19.3 Å². The number of hydrogen-bond acceptors (Lipinski definition) is 6. The maximum Gasteiger partial charge on any atom is 0.221 e. The quantitative estimate of drug-likeness (QED) is 0.0525. The summed E-state index contributed by atoms with van der Waals surface area (Å²) >= 11 is 0. The molecule has 0 bridgehead atoms. The number of hydrogen-bond donors (Lipinski definition) is 3. The van der Waals surface area contributed by atoms with E-state index in [-0.39, 0.29) is 17.7 Å². The fourth-order valence-corrected chi connectivity index (χ4v) is 10.4. The van der Waals surface area contributed by atoms with Crippen molar-refractivity contribution in [1.29, 1.82) is 0 Å². The molecule has 460 valence electrons. The minimum absolute atomic E-state index is 0.179. The van der Waals surface area contributed by atoms with Crippen molar-refractivity contribution in [1.82, 2.24) is 30.7 Å². The van der Waals surface area contributed by atoms with E-state index < -0.39 is 0 Å². The molecule has 0 aliphatic heterocycles. The molecule has 0 aromatic heterocycles. The molecule has 9 heteroatoms. The van der Waals surface area contributed by atoms with Gasteiger partial charge in [0.05, 0.1) is 0 Å². The predicted molar refractivity (Wildman–Crippen MR) is 340 cm³/mol. The van der Waals surface area contributed by atoms with Gasteiger partial charge in [-0.15, -0.1) is 0 Å². The fraction of sp³-hybridized carbons (Fsp3) is 0.956. The van der Waals surface area contributed by atoms with Gasteiger partial charge in [-0.3, -0.25) is 14.4 Å². The third-order valence-corrected chi connectivity index (χ3v) is 15.9. The second-order valence-corrected chi connectivity index (χ2v) is 24.1. The smallest absolute Gasteiger partial charge is 0.221 e. The molecule has 0 heterocycles. The zero-order valence-corrected chi connectivity index (χ0v) is 53.6. The molecule has 0 spiro atoms. The van der Waals surface area contributed by atoms with E-state index in [1.807, 2.05) is 0 Å². The molecule has 0 aromatic rings. The summed E-state index contributed by atoms with van der Waals surface area (Å²) in [6, 6.07) is 0. The Morgan fingerprint density at radius 2 is 0.390 bits per heavy atom. The van der Waals surface area contributed by atoms with Crippen LogP contribution in [0.4, 0.5) is 0 Å². The summed E-state index contributed by atoms with van der Waals surface area (Å²) < 4.78 is 0. The van der Waals surface area contributed by atoms with E-state index >= 15 is 0 Å². The lowest BCUT2D eigenvalue weighted by Gasteiger charge is -2.20. The summed E-state index contributed by atoms with van der Waals surface area (Å²) in [6.07, 6.45) is 64.0. The second-order valence-electron chi connectivity index (χ2n) is 24.1. The number of nitrogens with zero attached hydrogens (tertiary/aromatic N) is 3. The average molecular weight is 1090 g/mol. The maximum absolute atomic E-state index is 12.3. The van der Waals surface area contributed by atoms with Gasteiger partial charge in [0.25, 0.3) is 0 Å². The van der Waals surface area contributed by atoms with Crippen LogP contribution in [0.5, 0.6) is 0 Å². The van der Waals surface area contributed by atoms with Crippen molar-refractivity contribution in [2.24, 2.45) is 0 Å². The zero-order valence-electron chi connectivity index (χ0n) is 53.6. The minimum atomic E-state index is 0.179. The van der Waals surface area contributed by atoms with Crippen LogP contribution in [-0.4, -0.2) is 112 Å². The Kier molecular flexibility index (Phi) is 67.1. The zero-order chi connectivity index (χ0) is 56.6. The second kappa shape index (κ2) is 66.8. The van der Waals surface area contributed by atoms with Crippen LogP contribution < -0.4 is 16.0 Å². The number of carbonyl (C=O) groups is 3. The Morgan fingerprint density at radius 3 is 0.597 bits per heavy atom. The fourth-order valence-electron chi connectivity index (χ4n) is 10.4. The molecule has 9 nitrogen and oxygen atoms in total. The molecule has 0 unspecified atom stereocenters. The van der Waals surface area contributed by atoms with E-state index in [0.717, 1.165) is 84.6 Å². The Bertz CT molecular complexity index is 1120. The van der Waals surface area contributed by atoms with Crippen LogP contribution in [0.2, 0.25) is 0 Å². The lowest BCUT2D eigenvalue weighted by molar-refractivity contribution is -0.122. The standard InChI is InChI=1S/C43H88N4O2.C25H52N2O/c1-5-7-9-11-13-15-17-19-21-23-25-27-29-31-36-44-42(48)34-40-46(3)38-33-39-47(4)41-35-43(49)45-37-32-30-28-26-24-22-20-18-16-14-12-10-8-6-2;1-4-6-8-9-10-11-12-13-14-15-16-17-18-19-22-26-25(28)21-24-27(3)23-20-7-5-2/h5-41H2,1-4H3,(H,44,48)(H,45,49);4-24H2,1-3H3,(H,26,28). The summed E-state index contributed by atoms with van der Waals surface area (Å²) in [6.45, 7) is 17.1. The van der Waals surface area contributed by atoms with Gasteiger partial charge >= 0.3 is 0 Å². The monoisotopic (exact) mass is 1090 g/mol. The molecule has 0 rings (SSSR count). The molecule has 3 amide bonds. The highest BCUT2D eigenvalue weighted by molar-refractivity contribution is 5.76. The number of amides is 3. The maximum atomic E-state index is 12.3. The van der Waals surface area contributed by atoms with Crippen molar-refractivity contribution in [2.75, 3.05) is 80.0 Å². The van der Waals surface area contributed by atoms with E-state index in [9.17, 15) is 14.4 Å². The third kappa shape index (κ3) is 68.5. The molecule has 0 atom stereocenters. The van der Waals surface area contributed by atoms with Crippen molar-refractivity contribution in [3.05, 3.63) is 0 Å². The van der Waals surface area contributed by atoms with Crippen molar-refractivity contribution in [2.45, 2.75) is 342 Å². The largest absolute Gasteiger partial charge is 0.356 e. The van der Waals surface area contributed by atoms with Gasteiger partial charge in [-0.1, -0.05) is 291 Å². The van der Waals surface area contributed by atoms with Gasteiger partial charge in [0.2, 0.25) is 17.7 Å². The molecular weight excluding hydrogens is 949 g/mol.